The Morgan fingerprint density at radius 3 is 2.67 bits per heavy atom. The molecule has 0 saturated heterocycles. The van der Waals surface area contributed by atoms with E-state index in [1.807, 2.05) is 12.1 Å². The smallest absolute Gasteiger partial charge is 0.182 e. The van der Waals surface area contributed by atoms with Crippen LogP contribution >= 0.6 is 15.9 Å². The van der Waals surface area contributed by atoms with Gasteiger partial charge in [-0.25, -0.2) is 8.42 Å². The number of benzene rings is 2. The van der Waals surface area contributed by atoms with Gasteiger partial charge in [0, 0.05) is 10.2 Å². The molecule has 0 aliphatic heterocycles. The quantitative estimate of drug-likeness (QED) is 0.846. The van der Waals surface area contributed by atoms with Gasteiger partial charge in [0.05, 0.1) is 10.6 Å². The first-order valence-corrected chi connectivity index (χ1v) is 9.29. The minimum Gasteiger partial charge on any atom is -0.398 e. The lowest BCUT2D eigenvalue weighted by Gasteiger charge is -2.09. The van der Waals surface area contributed by atoms with Gasteiger partial charge in [-0.05, 0) is 70.1 Å². The van der Waals surface area contributed by atoms with Crippen molar-refractivity contribution in [3.8, 4) is 0 Å². The van der Waals surface area contributed by atoms with Gasteiger partial charge < -0.3 is 5.73 Å². The zero-order valence-corrected chi connectivity index (χ0v) is 13.9. The maximum atomic E-state index is 12.6. The van der Waals surface area contributed by atoms with Crippen molar-refractivity contribution >= 4 is 31.5 Å². The second-order valence-electron chi connectivity index (χ2n) is 5.36. The van der Waals surface area contributed by atoms with E-state index in [1.54, 1.807) is 24.3 Å². The molecule has 2 N–H and O–H groups in total. The summed E-state index contributed by atoms with van der Waals surface area (Å²) in [7, 11) is -3.36. The van der Waals surface area contributed by atoms with Crippen molar-refractivity contribution in [2.75, 3.05) is 5.73 Å². The highest BCUT2D eigenvalue weighted by molar-refractivity contribution is 9.10. The number of nitrogen functional groups attached to an aromatic ring is 1. The lowest BCUT2D eigenvalue weighted by Crippen LogP contribution is -2.07. The molecular weight excluding hydrogens is 350 g/mol. The van der Waals surface area contributed by atoms with E-state index in [0.29, 0.717) is 20.6 Å². The number of halogens is 1. The Morgan fingerprint density at radius 1 is 1.10 bits per heavy atom. The second kappa shape index (κ2) is 5.46. The molecule has 0 heterocycles. The van der Waals surface area contributed by atoms with E-state index in [4.69, 9.17) is 5.73 Å². The van der Waals surface area contributed by atoms with E-state index in [9.17, 15) is 8.42 Å². The fourth-order valence-corrected chi connectivity index (χ4v) is 4.74. The summed E-state index contributed by atoms with van der Waals surface area (Å²) in [6, 6.07) is 10.8. The van der Waals surface area contributed by atoms with Crippen LogP contribution in [-0.4, -0.2) is 8.42 Å². The number of fused-ring (bicyclic) bond motifs is 1. The van der Waals surface area contributed by atoms with Crippen molar-refractivity contribution in [2.45, 2.75) is 29.9 Å². The van der Waals surface area contributed by atoms with Crippen LogP contribution in [0.5, 0.6) is 0 Å². The summed E-state index contributed by atoms with van der Waals surface area (Å²) in [5, 5.41) is 0. The largest absolute Gasteiger partial charge is 0.398 e. The SMILES string of the molecule is Nc1cccc(CS(=O)(=O)c2ccc3c(c2)CCC3)c1Br. The summed E-state index contributed by atoms with van der Waals surface area (Å²) < 4.78 is 25.9. The Hall–Kier alpha value is -1.33. The number of hydrogen-bond acceptors (Lipinski definition) is 3. The minimum atomic E-state index is -3.36. The number of aryl methyl sites for hydroxylation is 2. The molecule has 21 heavy (non-hydrogen) atoms. The highest BCUT2D eigenvalue weighted by Gasteiger charge is 2.20. The molecule has 3 rings (SSSR count). The van der Waals surface area contributed by atoms with Crippen molar-refractivity contribution < 1.29 is 8.42 Å². The van der Waals surface area contributed by atoms with Gasteiger partial charge in [0.2, 0.25) is 0 Å². The lowest BCUT2D eigenvalue weighted by molar-refractivity contribution is 0.595. The number of sulfone groups is 1. The van der Waals surface area contributed by atoms with Gasteiger partial charge in [-0.3, -0.25) is 0 Å². The Balaban J connectivity index is 1.96. The monoisotopic (exact) mass is 365 g/mol. The predicted octanol–water partition coefficient (Wildman–Crippen LogP) is 3.49. The standard InChI is InChI=1S/C16H16BrNO2S/c17-16-13(5-2-6-15(16)18)10-21(19,20)14-8-7-11-3-1-4-12(11)9-14/h2,5-9H,1,3-4,10,18H2. The number of hydrogen-bond donors (Lipinski definition) is 1. The van der Waals surface area contributed by atoms with Crippen molar-refractivity contribution in [3.63, 3.8) is 0 Å². The third-order valence-corrected chi connectivity index (χ3v) is 6.51. The summed E-state index contributed by atoms with van der Waals surface area (Å²) >= 11 is 3.37. The van der Waals surface area contributed by atoms with Crippen LogP contribution in [0.15, 0.2) is 45.8 Å². The van der Waals surface area contributed by atoms with Crippen molar-refractivity contribution in [1.82, 2.24) is 0 Å². The Morgan fingerprint density at radius 2 is 1.86 bits per heavy atom. The fraction of sp³-hybridized carbons (Fsp3) is 0.250. The maximum absolute atomic E-state index is 12.6. The number of rotatable bonds is 3. The molecule has 2 aromatic carbocycles. The lowest BCUT2D eigenvalue weighted by atomic mass is 10.1. The van der Waals surface area contributed by atoms with Crippen LogP contribution in [0.3, 0.4) is 0 Å². The van der Waals surface area contributed by atoms with E-state index >= 15 is 0 Å². The summed E-state index contributed by atoms with van der Waals surface area (Å²) in [4.78, 5) is 0.400. The van der Waals surface area contributed by atoms with E-state index in [0.717, 1.165) is 19.3 Å². The topological polar surface area (TPSA) is 60.2 Å². The molecular formula is C16H16BrNO2S. The highest BCUT2D eigenvalue weighted by atomic mass is 79.9. The molecule has 0 saturated carbocycles. The average molecular weight is 366 g/mol. The average Bonchev–Trinajstić information content (AvgIpc) is 2.91. The summed E-state index contributed by atoms with van der Waals surface area (Å²) in [5.41, 5.74) is 9.50. The fourth-order valence-electron chi connectivity index (χ4n) is 2.74. The van der Waals surface area contributed by atoms with Crippen molar-refractivity contribution in [3.05, 3.63) is 57.6 Å². The first-order valence-electron chi connectivity index (χ1n) is 6.85. The molecule has 0 amide bonds. The third kappa shape index (κ3) is 2.85. The van der Waals surface area contributed by atoms with E-state index in [1.165, 1.54) is 11.1 Å². The first kappa shape index (κ1) is 14.6. The van der Waals surface area contributed by atoms with Gasteiger partial charge in [0.1, 0.15) is 0 Å². The highest BCUT2D eigenvalue weighted by Crippen LogP contribution is 2.29. The Kier molecular flexibility index (Phi) is 3.80. The zero-order valence-electron chi connectivity index (χ0n) is 11.5. The number of nitrogens with two attached hydrogens (primary N) is 1. The zero-order chi connectivity index (χ0) is 15.0. The van der Waals surface area contributed by atoms with Gasteiger partial charge in [0.25, 0.3) is 0 Å². The van der Waals surface area contributed by atoms with Crippen molar-refractivity contribution in [1.29, 1.82) is 0 Å². The molecule has 0 bridgehead atoms. The molecule has 110 valence electrons. The van der Waals surface area contributed by atoms with Crippen molar-refractivity contribution in [2.24, 2.45) is 0 Å². The summed E-state index contributed by atoms with van der Waals surface area (Å²) in [5.74, 6) is -0.0442. The van der Waals surface area contributed by atoms with Crippen LogP contribution in [-0.2, 0) is 28.4 Å². The van der Waals surface area contributed by atoms with Gasteiger partial charge in [-0.2, -0.15) is 0 Å². The van der Waals surface area contributed by atoms with Gasteiger partial charge in [-0.15, -0.1) is 0 Å². The normalized spacial score (nSPS) is 14.1. The Labute approximate surface area is 133 Å². The molecule has 2 aromatic rings. The van der Waals surface area contributed by atoms with Crippen LogP contribution in [0, 0.1) is 0 Å². The molecule has 0 unspecified atom stereocenters. The van der Waals surface area contributed by atoms with Gasteiger partial charge >= 0.3 is 0 Å². The molecule has 0 atom stereocenters. The summed E-state index contributed by atoms with van der Waals surface area (Å²) in [6.07, 6.45) is 3.14. The molecule has 0 spiro atoms. The third-order valence-electron chi connectivity index (χ3n) is 3.88. The van der Waals surface area contributed by atoms with E-state index < -0.39 is 9.84 Å². The van der Waals surface area contributed by atoms with E-state index in [2.05, 4.69) is 15.9 Å². The molecule has 0 fully saturated rings. The Bertz CT molecular complexity index is 800. The van der Waals surface area contributed by atoms with Crippen LogP contribution in [0.25, 0.3) is 0 Å². The van der Waals surface area contributed by atoms with E-state index in [-0.39, 0.29) is 5.75 Å². The van der Waals surface area contributed by atoms with Crippen LogP contribution < -0.4 is 5.73 Å². The van der Waals surface area contributed by atoms with Crippen LogP contribution in [0.4, 0.5) is 5.69 Å². The summed E-state index contributed by atoms with van der Waals surface area (Å²) in [6.45, 7) is 0. The predicted molar refractivity (Wildman–Crippen MR) is 87.9 cm³/mol. The number of anilines is 1. The molecule has 0 aromatic heterocycles. The molecule has 1 aliphatic carbocycles. The van der Waals surface area contributed by atoms with Crippen LogP contribution in [0.1, 0.15) is 23.1 Å². The second-order valence-corrected chi connectivity index (χ2v) is 8.15. The first-order chi connectivity index (χ1) is 9.97. The molecule has 5 heteroatoms. The molecule has 1 aliphatic rings. The van der Waals surface area contributed by atoms with Gasteiger partial charge in [-0.1, -0.05) is 18.2 Å². The minimum absolute atomic E-state index is 0.0442. The molecule has 3 nitrogen and oxygen atoms in total. The maximum Gasteiger partial charge on any atom is 0.182 e. The molecule has 0 radical (unpaired) electrons. The van der Waals surface area contributed by atoms with Gasteiger partial charge in [0.15, 0.2) is 9.84 Å². The van der Waals surface area contributed by atoms with Crippen LogP contribution in [0.2, 0.25) is 0 Å².